The summed E-state index contributed by atoms with van der Waals surface area (Å²) in [5, 5.41) is 4.33. The van der Waals surface area contributed by atoms with Crippen LogP contribution in [-0.2, 0) is 4.79 Å². The maximum absolute atomic E-state index is 12.6. The van der Waals surface area contributed by atoms with Crippen LogP contribution in [-0.4, -0.2) is 49.1 Å². The first-order valence-electron chi connectivity index (χ1n) is 10.2. The monoisotopic (exact) mass is 393 g/mol. The molecule has 1 aromatic heterocycles. The molecule has 0 spiro atoms. The van der Waals surface area contributed by atoms with Gasteiger partial charge in [0.15, 0.2) is 0 Å². The number of H-pyrrole nitrogens is 1. The zero-order chi connectivity index (χ0) is 20.8. The number of aromatic nitrogens is 1. The number of hydrogen-bond acceptors (Lipinski definition) is 3. The SMILES string of the molecule is CCC(C)N(C)CC(=O)NCC(c1ccc(OC)cc1)c1c[nH]c2ccccc12. The van der Waals surface area contributed by atoms with Crippen molar-refractivity contribution in [3.05, 3.63) is 65.9 Å². The Morgan fingerprint density at radius 2 is 1.90 bits per heavy atom. The first-order chi connectivity index (χ1) is 14.0. The van der Waals surface area contributed by atoms with Crippen LogP contribution in [0.1, 0.15) is 37.3 Å². The van der Waals surface area contributed by atoms with Gasteiger partial charge in [0.25, 0.3) is 0 Å². The molecule has 2 aromatic carbocycles. The molecule has 0 saturated carbocycles. The lowest BCUT2D eigenvalue weighted by Crippen LogP contribution is -2.40. The van der Waals surface area contributed by atoms with Crippen LogP contribution in [0.15, 0.2) is 54.7 Å². The second-order valence-electron chi connectivity index (χ2n) is 7.59. The van der Waals surface area contributed by atoms with Gasteiger partial charge in [0.1, 0.15) is 5.75 Å². The molecule has 2 unspecified atom stereocenters. The number of fused-ring (bicyclic) bond motifs is 1. The Hall–Kier alpha value is -2.79. The van der Waals surface area contributed by atoms with E-state index in [1.165, 1.54) is 10.9 Å². The molecule has 0 aliphatic carbocycles. The van der Waals surface area contributed by atoms with Gasteiger partial charge in [-0.05, 0) is 49.7 Å². The summed E-state index contributed by atoms with van der Waals surface area (Å²) >= 11 is 0. The molecule has 0 radical (unpaired) electrons. The van der Waals surface area contributed by atoms with Crippen molar-refractivity contribution >= 4 is 16.8 Å². The van der Waals surface area contributed by atoms with Gasteiger partial charge in [-0.2, -0.15) is 0 Å². The van der Waals surface area contributed by atoms with Crippen LogP contribution in [0, 0.1) is 0 Å². The molecule has 0 fully saturated rings. The quantitative estimate of drug-likeness (QED) is 0.574. The number of para-hydroxylation sites is 1. The zero-order valence-electron chi connectivity index (χ0n) is 17.7. The highest BCUT2D eigenvalue weighted by Gasteiger charge is 2.20. The fourth-order valence-corrected chi connectivity index (χ4v) is 3.59. The number of rotatable bonds is 9. The predicted octanol–water partition coefficient (Wildman–Crippen LogP) is 4.15. The van der Waals surface area contributed by atoms with Crippen molar-refractivity contribution in [3.8, 4) is 5.75 Å². The minimum absolute atomic E-state index is 0.0474. The van der Waals surface area contributed by atoms with Crippen LogP contribution in [0.3, 0.4) is 0 Å². The Labute approximate surface area is 173 Å². The number of nitrogens with one attached hydrogen (secondary N) is 2. The highest BCUT2D eigenvalue weighted by molar-refractivity contribution is 5.84. The molecule has 1 heterocycles. The molecule has 0 bridgehead atoms. The fraction of sp³-hybridized carbons (Fsp3) is 0.375. The van der Waals surface area contributed by atoms with Gasteiger partial charge in [0, 0.05) is 35.6 Å². The summed E-state index contributed by atoms with van der Waals surface area (Å²) in [7, 11) is 3.66. The summed E-state index contributed by atoms with van der Waals surface area (Å²) < 4.78 is 5.30. The molecule has 3 aromatic rings. The second kappa shape index (κ2) is 9.61. The number of hydrogen-bond donors (Lipinski definition) is 2. The largest absolute Gasteiger partial charge is 0.497 e. The third-order valence-corrected chi connectivity index (χ3v) is 5.75. The van der Waals surface area contributed by atoms with E-state index in [1.807, 2.05) is 31.3 Å². The van der Waals surface area contributed by atoms with Gasteiger partial charge in [0.2, 0.25) is 5.91 Å². The lowest BCUT2D eigenvalue weighted by atomic mass is 9.90. The molecular formula is C24H31N3O2. The summed E-state index contributed by atoms with van der Waals surface area (Å²) in [6.07, 6.45) is 3.07. The first kappa shape index (κ1) is 20.9. The molecule has 5 heteroatoms. The average molecular weight is 394 g/mol. The van der Waals surface area contributed by atoms with Crippen LogP contribution in [0.25, 0.3) is 10.9 Å². The van der Waals surface area contributed by atoms with Crippen LogP contribution in [0.5, 0.6) is 5.75 Å². The van der Waals surface area contributed by atoms with Crippen LogP contribution < -0.4 is 10.1 Å². The van der Waals surface area contributed by atoms with Crippen LogP contribution >= 0.6 is 0 Å². The Balaban J connectivity index is 1.82. The van der Waals surface area contributed by atoms with E-state index in [0.717, 1.165) is 23.3 Å². The van der Waals surface area contributed by atoms with Gasteiger partial charge in [-0.25, -0.2) is 0 Å². The first-order valence-corrected chi connectivity index (χ1v) is 10.2. The van der Waals surface area contributed by atoms with Crippen molar-refractivity contribution in [3.63, 3.8) is 0 Å². The molecule has 154 valence electrons. The molecular weight excluding hydrogens is 362 g/mol. The number of carbonyl (C=O) groups is 1. The smallest absolute Gasteiger partial charge is 0.234 e. The molecule has 5 nitrogen and oxygen atoms in total. The van der Waals surface area contributed by atoms with E-state index in [2.05, 4.69) is 59.5 Å². The maximum atomic E-state index is 12.6. The van der Waals surface area contributed by atoms with E-state index in [-0.39, 0.29) is 11.8 Å². The van der Waals surface area contributed by atoms with Crippen LogP contribution in [0.4, 0.5) is 0 Å². The number of methoxy groups -OCH3 is 1. The number of benzene rings is 2. The van der Waals surface area contributed by atoms with Crippen molar-refractivity contribution in [2.75, 3.05) is 27.2 Å². The standard InChI is InChI=1S/C24H31N3O2/c1-5-17(2)27(3)16-24(28)26-14-21(18-10-12-19(29-4)13-11-18)22-15-25-23-9-7-6-8-20(22)23/h6-13,15,17,21,25H,5,14,16H2,1-4H3,(H,26,28). The molecule has 0 saturated heterocycles. The van der Waals surface area contributed by atoms with Crippen LogP contribution in [0.2, 0.25) is 0 Å². The van der Waals surface area contributed by atoms with Crippen molar-refractivity contribution in [2.45, 2.75) is 32.2 Å². The Bertz CT molecular complexity index is 933. The number of ether oxygens (including phenoxy) is 1. The lowest BCUT2D eigenvalue weighted by molar-refractivity contribution is -0.122. The highest BCUT2D eigenvalue weighted by atomic mass is 16.5. The summed E-state index contributed by atoms with van der Waals surface area (Å²) in [5.41, 5.74) is 3.43. The van der Waals surface area contributed by atoms with Crippen molar-refractivity contribution < 1.29 is 9.53 Å². The van der Waals surface area contributed by atoms with Crippen molar-refractivity contribution in [2.24, 2.45) is 0 Å². The van der Waals surface area contributed by atoms with E-state index in [4.69, 9.17) is 4.74 Å². The summed E-state index contributed by atoms with van der Waals surface area (Å²) in [5.74, 6) is 0.923. The molecule has 3 rings (SSSR count). The Morgan fingerprint density at radius 1 is 1.17 bits per heavy atom. The third-order valence-electron chi connectivity index (χ3n) is 5.75. The van der Waals surface area contributed by atoms with Crippen molar-refractivity contribution in [1.29, 1.82) is 0 Å². The van der Waals surface area contributed by atoms with Gasteiger partial charge in [-0.1, -0.05) is 37.3 Å². The molecule has 29 heavy (non-hydrogen) atoms. The second-order valence-corrected chi connectivity index (χ2v) is 7.59. The normalized spacial score (nSPS) is 13.4. The van der Waals surface area contributed by atoms with Gasteiger partial charge in [-0.15, -0.1) is 0 Å². The van der Waals surface area contributed by atoms with Gasteiger partial charge >= 0.3 is 0 Å². The molecule has 1 amide bonds. The fourth-order valence-electron chi connectivity index (χ4n) is 3.59. The zero-order valence-corrected chi connectivity index (χ0v) is 17.7. The van der Waals surface area contributed by atoms with E-state index in [9.17, 15) is 4.79 Å². The van der Waals surface area contributed by atoms with E-state index in [0.29, 0.717) is 19.1 Å². The average Bonchev–Trinajstić information content (AvgIpc) is 3.17. The number of aromatic amines is 1. The summed E-state index contributed by atoms with van der Waals surface area (Å²) in [4.78, 5) is 18.0. The van der Waals surface area contributed by atoms with Gasteiger partial charge in [-0.3, -0.25) is 9.69 Å². The molecule has 0 aliphatic heterocycles. The van der Waals surface area contributed by atoms with E-state index < -0.39 is 0 Å². The van der Waals surface area contributed by atoms with Crippen molar-refractivity contribution in [1.82, 2.24) is 15.2 Å². The third kappa shape index (κ3) is 4.98. The minimum Gasteiger partial charge on any atom is -0.497 e. The molecule has 2 N–H and O–H groups in total. The summed E-state index contributed by atoms with van der Waals surface area (Å²) in [6.45, 7) is 5.22. The van der Waals surface area contributed by atoms with E-state index >= 15 is 0 Å². The number of nitrogens with zero attached hydrogens (tertiary/aromatic N) is 1. The minimum atomic E-state index is 0.0474. The Kier molecular flexibility index (Phi) is 6.94. The van der Waals surface area contributed by atoms with E-state index in [1.54, 1.807) is 7.11 Å². The number of amides is 1. The Morgan fingerprint density at radius 3 is 2.59 bits per heavy atom. The lowest BCUT2D eigenvalue weighted by Gasteiger charge is -2.24. The highest BCUT2D eigenvalue weighted by Crippen LogP contribution is 2.31. The number of likely N-dealkylation sites (N-methyl/N-ethyl adjacent to an activating group) is 1. The molecule has 0 aliphatic rings. The van der Waals surface area contributed by atoms with Gasteiger partial charge < -0.3 is 15.0 Å². The summed E-state index contributed by atoms with van der Waals surface area (Å²) in [6, 6.07) is 16.7. The van der Waals surface area contributed by atoms with Gasteiger partial charge in [0.05, 0.1) is 13.7 Å². The predicted molar refractivity (Wildman–Crippen MR) is 119 cm³/mol. The number of carbonyl (C=O) groups excluding carboxylic acids is 1. The molecule has 2 atom stereocenters. The topological polar surface area (TPSA) is 57.4 Å². The maximum Gasteiger partial charge on any atom is 0.234 e.